The van der Waals surface area contributed by atoms with Gasteiger partial charge in [-0.2, -0.15) is 13.2 Å². The molecule has 0 bridgehead atoms. The van der Waals surface area contributed by atoms with Crippen molar-refractivity contribution in [2.24, 2.45) is 5.73 Å². The van der Waals surface area contributed by atoms with E-state index in [4.69, 9.17) is 10.5 Å². The third-order valence-corrected chi connectivity index (χ3v) is 1.90. The minimum atomic E-state index is -4.34. The van der Waals surface area contributed by atoms with E-state index in [0.29, 0.717) is 0 Å². The van der Waals surface area contributed by atoms with Gasteiger partial charge in [0, 0.05) is 6.54 Å². The number of rotatable bonds is 3. The van der Waals surface area contributed by atoms with Crippen molar-refractivity contribution < 1.29 is 17.9 Å². The fourth-order valence-electron chi connectivity index (χ4n) is 1.17. The highest BCUT2D eigenvalue weighted by Crippen LogP contribution is 2.33. The van der Waals surface area contributed by atoms with E-state index in [1.165, 1.54) is 19.1 Å². The topological polar surface area (TPSA) is 35.2 Å². The number of alkyl halides is 3. The summed E-state index contributed by atoms with van der Waals surface area (Å²) in [4.78, 5) is 0. The fourth-order valence-corrected chi connectivity index (χ4v) is 1.17. The summed E-state index contributed by atoms with van der Waals surface area (Å²) in [5.74, 6) is 0.193. The van der Waals surface area contributed by atoms with Gasteiger partial charge in [0.05, 0.1) is 5.56 Å². The van der Waals surface area contributed by atoms with Crippen LogP contribution in [0.5, 0.6) is 5.75 Å². The molecule has 2 N–H and O–H groups in total. The zero-order valence-electron chi connectivity index (χ0n) is 8.27. The second-order valence-corrected chi connectivity index (χ2v) is 3.11. The van der Waals surface area contributed by atoms with Gasteiger partial charge in [-0.25, -0.2) is 0 Å². The Morgan fingerprint density at radius 1 is 1.33 bits per heavy atom. The van der Waals surface area contributed by atoms with Crippen LogP contribution in [0, 0.1) is 6.92 Å². The number of benzene rings is 1. The van der Waals surface area contributed by atoms with Gasteiger partial charge in [0.15, 0.2) is 0 Å². The van der Waals surface area contributed by atoms with Gasteiger partial charge in [-0.15, -0.1) is 0 Å². The normalized spacial score (nSPS) is 11.5. The molecule has 0 heterocycles. The molecule has 15 heavy (non-hydrogen) atoms. The number of hydrogen-bond acceptors (Lipinski definition) is 2. The van der Waals surface area contributed by atoms with Gasteiger partial charge < -0.3 is 10.5 Å². The van der Waals surface area contributed by atoms with E-state index < -0.39 is 11.7 Å². The lowest BCUT2D eigenvalue weighted by Crippen LogP contribution is -2.12. The fraction of sp³-hybridized carbons (Fsp3) is 0.400. The van der Waals surface area contributed by atoms with E-state index in [0.717, 1.165) is 6.07 Å². The molecule has 0 aliphatic heterocycles. The maximum absolute atomic E-state index is 12.5. The molecule has 0 spiro atoms. The molecule has 0 amide bonds. The van der Waals surface area contributed by atoms with Gasteiger partial charge in [-0.3, -0.25) is 0 Å². The Balaban J connectivity index is 2.95. The lowest BCUT2D eigenvalue weighted by atomic mass is 10.1. The van der Waals surface area contributed by atoms with Crippen molar-refractivity contribution in [3.05, 3.63) is 29.3 Å². The number of hydrogen-bond donors (Lipinski definition) is 1. The zero-order chi connectivity index (χ0) is 11.5. The lowest BCUT2D eigenvalue weighted by molar-refractivity contribution is -0.138. The van der Waals surface area contributed by atoms with Crippen LogP contribution in [-0.2, 0) is 6.18 Å². The molecule has 1 aromatic carbocycles. The smallest absolute Gasteiger partial charge is 0.416 e. The summed E-state index contributed by atoms with van der Waals surface area (Å²) < 4.78 is 42.4. The molecule has 0 aromatic heterocycles. The Morgan fingerprint density at radius 3 is 2.53 bits per heavy atom. The first-order chi connectivity index (χ1) is 6.95. The summed E-state index contributed by atoms with van der Waals surface area (Å²) in [7, 11) is 0. The summed E-state index contributed by atoms with van der Waals surface area (Å²) in [5.41, 5.74) is 4.70. The molecular formula is C10H12F3NO. The van der Waals surface area contributed by atoms with Crippen LogP contribution < -0.4 is 10.5 Å². The molecule has 0 aliphatic carbocycles. The summed E-state index contributed by atoms with van der Waals surface area (Å²) in [6.07, 6.45) is -4.34. The minimum absolute atomic E-state index is 0.183. The second-order valence-electron chi connectivity index (χ2n) is 3.11. The van der Waals surface area contributed by atoms with Crippen molar-refractivity contribution in [1.82, 2.24) is 0 Å². The molecular weight excluding hydrogens is 207 g/mol. The zero-order valence-corrected chi connectivity index (χ0v) is 8.27. The first-order valence-corrected chi connectivity index (χ1v) is 4.46. The third-order valence-electron chi connectivity index (χ3n) is 1.90. The summed E-state index contributed by atoms with van der Waals surface area (Å²) in [6.45, 7) is 1.89. The van der Waals surface area contributed by atoms with Crippen molar-refractivity contribution in [3.8, 4) is 5.75 Å². The highest BCUT2D eigenvalue weighted by molar-refractivity contribution is 5.36. The van der Waals surface area contributed by atoms with Crippen LogP contribution in [-0.4, -0.2) is 13.2 Å². The van der Waals surface area contributed by atoms with E-state index in [2.05, 4.69) is 0 Å². The molecule has 0 aliphatic rings. The maximum Gasteiger partial charge on any atom is 0.416 e. The molecule has 2 nitrogen and oxygen atoms in total. The quantitative estimate of drug-likeness (QED) is 0.846. The van der Waals surface area contributed by atoms with Crippen molar-refractivity contribution in [2.75, 3.05) is 13.2 Å². The minimum Gasteiger partial charge on any atom is -0.492 e. The van der Waals surface area contributed by atoms with Gasteiger partial charge in [0.1, 0.15) is 12.4 Å². The van der Waals surface area contributed by atoms with E-state index in [1.54, 1.807) is 0 Å². The number of aryl methyl sites for hydroxylation is 1. The SMILES string of the molecule is Cc1ccc(OCCN)cc1C(F)(F)F. The van der Waals surface area contributed by atoms with Crippen LogP contribution in [0.4, 0.5) is 13.2 Å². The predicted molar refractivity (Wildman–Crippen MR) is 50.7 cm³/mol. The standard InChI is InChI=1S/C10H12F3NO/c1-7-2-3-8(15-5-4-14)6-9(7)10(11,12)13/h2-3,6H,4-5,14H2,1H3. The Bertz CT molecular complexity index is 336. The van der Waals surface area contributed by atoms with E-state index in [9.17, 15) is 13.2 Å². The maximum atomic E-state index is 12.5. The number of halogens is 3. The third kappa shape index (κ3) is 3.13. The second kappa shape index (κ2) is 4.53. The average molecular weight is 219 g/mol. The monoisotopic (exact) mass is 219 g/mol. The highest BCUT2D eigenvalue weighted by atomic mass is 19.4. The van der Waals surface area contributed by atoms with Crippen LogP contribution >= 0.6 is 0 Å². The Kier molecular flexibility index (Phi) is 3.57. The van der Waals surface area contributed by atoms with Gasteiger partial charge in [-0.1, -0.05) is 6.07 Å². The summed E-state index contributed by atoms with van der Waals surface area (Å²) in [5, 5.41) is 0. The van der Waals surface area contributed by atoms with Crippen LogP contribution in [0.25, 0.3) is 0 Å². The Morgan fingerprint density at radius 2 is 2.00 bits per heavy atom. The van der Waals surface area contributed by atoms with Gasteiger partial charge in [-0.05, 0) is 24.6 Å². The Hall–Kier alpha value is -1.23. The van der Waals surface area contributed by atoms with E-state index in [-0.39, 0.29) is 24.5 Å². The van der Waals surface area contributed by atoms with Crippen molar-refractivity contribution in [2.45, 2.75) is 13.1 Å². The number of nitrogens with two attached hydrogens (primary N) is 1. The average Bonchev–Trinajstić information content (AvgIpc) is 2.15. The summed E-state index contributed by atoms with van der Waals surface area (Å²) >= 11 is 0. The first-order valence-electron chi connectivity index (χ1n) is 4.46. The van der Waals surface area contributed by atoms with Crippen molar-refractivity contribution in [1.29, 1.82) is 0 Å². The highest BCUT2D eigenvalue weighted by Gasteiger charge is 2.32. The summed E-state index contributed by atoms with van der Waals surface area (Å²) in [6, 6.07) is 3.87. The molecule has 5 heteroatoms. The lowest BCUT2D eigenvalue weighted by Gasteiger charge is -2.12. The molecule has 1 rings (SSSR count). The Labute approximate surface area is 85.8 Å². The largest absolute Gasteiger partial charge is 0.492 e. The molecule has 0 radical (unpaired) electrons. The molecule has 0 fully saturated rings. The first kappa shape index (κ1) is 11.8. The molecule has 0 atom stereocenters. The predicted octanol–water partition coefficient (Wildman–Crippen LogP) is 2.35. The van der Waals surface area contributed by atoms with E-state index >= 15 is 0 Å². The molecule has 0 saturated heterocycles. The van der Waals surface area contributed by atoms with Crippen LogP contribution in [0.15, 0.2) is 18.2 Å². The van der Waals surface area contributed by atoms with Gasteiger partial charge in [0.2, 0.25) is 0 Å². The van der Waals surface area contributed by atoms with Crippen LogP contribution in [0.3, 0.4) is 0 Å². The molecule has 0 unspecified atom stereocenters. The van der Waals surface area contributed by atoms with Gasteiger partial charge in [0.25, 0.3) is 0 Å². The van der Waals surface area contributed by atoms with Gasteiger partial charge >= 0.3 is 6.18 Å². The van der Waals surface area contributed by atoms with Crippen LogP contribution in [0.2, 0.25) is 0 Å². The molecule has 84 valence electrons. The van der Waals surface area contributed by atoms with E-state index in [1.807, 2.05) is 0 Å². The van der Waals surface area contributed by atoms with Crippen LogP contribution in [0.1, 0.15) is 11.1 Å². The number of ether oxygens (including phenoxy) is 1. The molecule has 0 saturated carbocycles. The van der Waals surface area contributed by atoms with Crippen molar-refractivity contribution in [3.63, 3.8) is 0 Å². The molecule has 1 aromatic rings. The van der Waals surface area contributed by atoms with Crippen molar-refractivity contribution >= 4 is 0 Å².